The number of ether oxygens (including phenoxy) is 1. The van der Waals surface area contributed by atoms with E-state index in [1.807, 2.05) is 12.1 Å². The molecule has 1 aliphatic carbocycles. The average Bonchev–Trinajstić information content (AvgIpc) is 2.94. The van der Waals surface area contributed by atoms with Crippen LogP contribution >= 0.6 is 0 Å². The first-order chi connectivity index (χ1) is 11.5. The van der Waals surface area contributed by atoms with Gasteiger partial charge in [0.25, 0.3) is 0 Å². The first-order valence-corrected chi connectivity index (χ1v) is 8.69. The molecule has 0 N–H and O–H groups in total. The third-order valence-electron chi connectivity index (χ3n) is 5.45. The van der Waals surface area contributed by atoms with Crippen molar-refractivity contribution in [3.63, 3.8) is 0 Å². The molecule has 1 saturated heterocycles. The van der Waals surface area contributed by atoms with Crippen molar-refractivity contribution in [1.82, 2.24) is 4.90 Å². The highest BCUT2D eigenvalue weighted by Crippen LogP contribution is 2.52. The minimum Gasteiger partial charge on any atom is -0.370 e. The van der Waals surface area contributed by atoms with Crippen LogP contribution < -0.4 is 0 Å². The molecule has 0 aromatic heterocycles. The summed E-state index contributed by atoms with van der Waals surface area (Å²) in [5.74, 6) is 0.531. The number of halogens is 1. The minimum atomic E-state index is -0.355. The van der Waals surface area contributed by atoms with Crippen LogP contribution in [0.3, 0.4) is 0 Å². The lowest BCUT2D eigenvalue weighted by Crippen LogP contribution is -2.36. The highest BCUT2D eigenvalue weighted by molar-refractivity contribution is 5.31. The summed E-state index contributed by atoms with van der Waals surface area (Å²) < 4.78 is 19.8. The molecule has 1 fully saturated rings. The number of fused-ring (bicyclic) bond motifs is 1. The Kier molecular flexibility index (Phi) is 5.03. The second-order valence-corrected chi connectivity index (χ2v) is 7.26. The first-order valence-electron chi connectivity index (χ1n) is 8.69. The molecule has 3 atom stereocenters. The highest BCUT2D eigenvalue weighted by atomic mass is 19.1. The summed E-state index contributed by atoms with van der Waals surface area (Å²) in [6, 6.07) is 9.10. The zero-order chi connectivity index (χ0) is 17.2. The van der Waals surface area contributed by atoms with Gasteiger partial charge in [0.05, 0.1) is 18.3 Å². The fourth-order valence-electron chi connectivity index (χ4n) is 4.26. The Morgan fingerprint density at radius 3 is 2.75 bits per heavy atom. The normalized spacial score (nSPS) is 29.2. The number of hydrogen-bond donors (Lipinski definition) is 0. The summed E-state index contributed by atoms with van der Waals surface area (Å²) in [6.07, 6.45) is 5.70. The maximum absolute atomic E-state index is 13.4. The van der Waals surface area contributed by atoms with E-state index in [2.05, 4.69) is 31.1 Å². The third kappa shape index (κ3) is 3.24. The maximum atomic E-state index is 13.4. The number of rotatable bonds is 5. The van der Waals surface area contributed by atoms with Crippen molar-refractivity contribution in [3.8, 4) is 6.07 Å². The van der Waals surface area contributed by atoms with Gasteiger partial charge in [-0.3, -0.25) is 0 Å². The number of nitrogens with zero attached hydrogens (tertiary/aromatic N) is 2. The quantitative estimate of drug-likeness (QED) is 0.823. The molecular formula is C20H25FN2O. The van der Waals surface area contributed by atoms with E-state index in [1.165, 1.54) is 12.1 Å². The minimum absolute atomic E-state index is 0.216. The summed E-state index contributed by atoms with van der Waals surface area (Å²) in [5.41, 5.74) is 1.60. The van der Waals surface area contributed by atoms with Crippen molar-refractivity contribution >= 4 is 0 Å². The molecule has 128 valence electrons. The number of nitriles is 1. The first kappa shape index (κ1) is 17.1. The van der Waals surface area contributed by atoms with Gasteiger partial charge in [0, 0.05) is 11.5 Å². The standard InChI is InChI=1S/C20H25FN2O/c1-23(2)11-3-10-20(17-5-7-18(21)8-6-17)19-9-4-15(13-22)12-16(19)14-24-20/h4-8,16,19H,3,9-12,14H2,1-2H3. The molecule has 1 aromatic rings. The Hall–Kier alpha value is -1.70. The average molecular weight is 328 g/mol. The van der Waals surface area contributed by atoms with Crippen LogP contribution in [-0.4, -0.2) is 32.1 Å². The van der Waals surface area contributed by atoms with Gasteiger partial charge < -0.3 is 9.64 Å². The molecule has 1 heterocycles. The second-order valence-electron chi connectivity index (χ2n) is 7.26. The molecule has 1 aromatic carbocycles. The van der Waals surface area contributed by atoms with Crippen molar-refractivity contribution in [3.05, 3.63) is 47.3 Å². The van der Waals surface area contributed by atoms with Gasteiger partial charge >= 0.3 is 0 Å². The molecule has 3 nitrogen and oxygen atoms in total. The van der Waals surface area contributed by atoms with Crippen LogP contribution in [0.4, 0.5) is 4.39 Å². The van der Waals surface area contributed by atoms with Crippen LogP contribution in [-0.2, 0) is 10.3 Å². The van der Waals surface area contributed by atoms with Gasteiger partial charge in [0.2, 0.25) is 0 Å². The highest BCUT2D eigenvalue weighted by Gasteiger charge is 2.51. The largest absolute Gasteiger partial charge is 0.370 e. The molecule has 3 unspecified atom stereocenters. The lowest BCUT2D eigenvalue weighted by molar-refractivity contribution is -0.0361. The zero-order valence-electron chi connectivity index (χ0n) is 14.5. The Morgan fingerprint density at radius 2 is 2.08 bits per heavy atom. The summed E-state index contributed by atoms with van der Waals surface area (Å²) in [5, 5.41) is 9.18. The number of allylic oxidation sites excluding steroid dienone is 2. The Labute approximate surface area is 143 Å². The molecule has 0 amide bonds. The molecule has 4 heteroatoms. The maximum Gasteiger partial charge on any atom is 0.123 e. The molecule has 2 aliphatic rings. The van der Waals surface area contributed by atoms with Crippen molar-refractivity contribution in [2.45, 2.75) is 31.3 Å². The number of hydrogen-bond acceptors (Lipinski definition) is 3. The summed E-state index contributed by atoms with van der Waals surface area (Å²) in [6.45, 7) is 1.69. The van der Waals surface area contributed by atoms with Gasteiger partial charge in [-0.05, 0) is 69.9 Å². The van der Waals surface area contributed by atoms with E-state index in [-0.39, 0.29) is 11.4 Å². The monoisotopic (exact) mass is 328 g/mol. The Bertz CT molecular complexity index is 647. The lowest BCUT2D eigenvalue weighted by Gasteiger charge is -2.38. The molecule has 0 saturated carbocycles. The zero-order valence-corrected chi connectivity index (χ0v) is 14.5. The van der Waals surface area contributed by atoms with E-state index in [4.69, 9.17) is 4.74 Å². The van der Waals surface area contributed by atoms with E-state index in [9.17, 15) is 9.65 Å². The molecule has 0 spiro atoms. The van der Waals surface area contributed by atoms with Crippen molar-refractivity contribution in [2.24, 2.45) is 11.8 Å². The summed E-state index contributed by atoms with van der Waals surface area (Å²) in [7, 11) is 4.15. The van der Waals surface area contributed by atoms with E-state index >= 15 is 0 Å². The molecule has 24 heavy (non-hydrogen) atoms. The van der Waals surface area contributed by atoms with Crippen molar-refractivity contribution in [1.29, 1.82) is 5.26 Å². The second kappa shape index (κ2) is 7.04. The van der Waals surface area contributed by atoms with Crippen molar-refractivity contribution < 1.29 is 9.13 Å². The van der Waals surface area contributed by atoms with E-state index in [0.717, 1.165) is 43.4 Å². The third-order valence-corrected chi connectivity index (χ3v) is 5.45. The smallest absolute Gasteiger partial charge is 0.123 e. The van der Waals surface area contributed by atoms with Crippen LogP contribution in [0.5, 0.6) is 0 Å². The van der Waals surface area contributed by atoms with Crippen LogP contribution in [0, 0.1) is 29.0 Å². The fraction of sp³-hybridized carbons (Fsp3) is 0.550. The van der Waals surface area contributed by atoms with Gasteiger partial charge in [0.15, 0.2) is 0 Å². The van der Waals surface area contributed by atoms with E-state index in [1.54, 1.807) is 0 Å². The Balaban J connectivity index is 1.90. The van der Waals surface area contributed by atoms with E-state index in [0.29, 0.717) is 18.4 Å². The Morgan fingerprint density at radius 1 is 1.33 bits per heavy atom. The van der Waals surface area contributed by atoms with Gasteiger partial charge in [-0.15, -0.1) is 0 Å². The van der Waals surface area contributed by atoms with E-state index < -0.39 is 0 Å². The van der Waals surface area contributed by atoms with Gasteiger partial charge in [-0.1, -0.05) is 18.2 Å². The van der Waals surface area contributed by atoms with Crippen LogP contribution in [0.25, 0.3) is 0 Å². The fourth-order valence-corrected chi connectivity index (χ4v) is 4.26. The van der Waals surface area contributed by atoms with Gasteiger partial charge in [-0.2, -0.15) is 5.26 Å². The van der Waals surface area contributed by atoms with Crippen LogP contribution in [0.15, 0.2) is 35.9 Å². The van der Waals surface area contributed by atoms with Crippen LogP contribution in [0.2, 0.25) is 0 Å². The van der Waals surface area contributed by atoms with Gasteiger partial charge in [0.1, 0.15) is 5.82 Å². The predicted molar refractivity (Wildman–Crippen MR) is 91.7 cm³/mol. The predicted octanol–water partition coefficient (Wildman–Crippen LogP) is 3.87. The lowest BCUT2D eigenvalue weighted by atomic mass is 9.69. The molecular weight excluding hydrogens is 303 g/mol. The van der Waals surface area contributed by atoms with Crippen LogP contribution in [0.1, 0.15) is 31.2 Å². The molecule has 0 radical (unpaired) electrons. The number of benzene rings is 1. The molecule has 1 aliphatic heterocycles. The van der Waals surface area contributed by atoms with Gasteiger partial charge in [-0.25, -0.2) is 4.39 Å². The topological polar surface area (TPSA) is 36.3 Å². The molecule has 0 bridgehead atoms. The SMILES string of the molecule is CN(C)CCCC1(c2ccc(F)cc2)OCC2CC(C#N)=CCC21. The summed E-state index contributed by atoms with van der Waals surface area (Å²) >= 11 is 0. The van der Waals surface area contributed by atoms with Crippen molar-refractivity contribution in [2.75, 3.05) is 27.2 Å². The molecule has 3 rings (SSSR count). The summed E-state index contributed by atoms with van der Waals surface area (Å²) in [4.78, 5) is 2.18.